The van der Waals surface area contributed by atoms with Crippen molar-refractivity contribution < 1.29 is 43.8 Å². The van der Waals surface area contributed by atoms with Gasteiger partial charge < -0.3 is 42.9 Å². The van der Waals surface area contributed by atoms with Crippen LogP contribution in [0.15, 0.2) is 30.3 Å². The van der Waals surface area contributed by atoms with E-state index in [1.807, 2.05) is 13.8 Å². The second kappa shape index (κ2) is 28.0. The van der Waals surface area contributed by atoms with Gasteiger partial charge in [0.2, 0.25) is 35.4 Å². The molecule has 6 amide bonds. The van der Waals surface area contributed by atoms with Crippen molar-refractivity contribution in [2.75, 3.05) is 6.61 Å². The molecule has 0 saturated carbocycles. The lowest BCUT2D eigenvalue weighted by molar-refractivity contribution is -0.142. The summed E-state index contributed by atoms with van der Waals surface area (Å²) in [4.78, 5) is 85.6. The number of unbranched alkanes of at least 4 members (excludes halogenated alkanes) is 11. The third-order valence-electron chi connectivity index (χ3n) is 9.40. The van der Waals surface area contributed by atoms with E-state index in [1.54, 1.807) is 30.3 Å². The Labute approximate surface area is 319 Å². The molecule has 5 atom stereocenters. The zero-order chi connectivity index (χ0) is 40.3. The summed E-state index contributed by atoms with van der Waals surface area (Å²) in [5.74, 6) is -4.79. The largest absolute Gasteiger partial charge is 0.480 e. The van der Waals surface area contributed by atoms with E-state index in [-0.39, 0.29) is 37.7 Å². The summed E-state index contributed by atoms with van der Waals surface area (Å²) in [5.41, 5.74) is 11.3. The van der Waals surface area contributed by atoms with Crippen molar-refractivity contribution in [2.24, 2.45) is 17.4 Å². The number of amides is 6. The summed E-state index contributed by atoms with van der Waals surface area (Å²) in [5, 5.41) is 29.0. The smallest absolute Gasteiger partial charge is 0.326 e. The van der Waals surface area contributed by atoms with Gasteiger partial charge in [0.25, 0.3) is 0 Å². The van der Waals surface area contributed by atoms with Crippen molar-refractivity contribution in [3.05, 3.63) is 35.9 Å². The molecule has 0 bridgehead atoms. The van der Waals surface area contributed by atoms with Crippen LogP contribution in [0, 0.1) is 5.92 Å². The molecule has 0 aromatic heterocycles. The normalized spacial score (nSPS) is 13.8. The molecule has 0 aliphatic heterocycles. The van der Waals surface area contributed by atoms with Crippen LogP contribution in [0.5, 0.6) is 0 Å². The second-order valence-corrected chi connectivity index (χ2v) is 14.0. The maximum Gasteiger partial charge on any atom is 0.326 e. The molecule has 0 unspecified atom stereocenters. The fourth-order valence-electron chi connectivity index (χ4n) is 5.96. The molecule has 54 heavy (non-hydrogen) atoms. The molecule has 15 heteroatoms. The molecule has 1 aromatic rings. The number of primary amides is 2. The summed E-state index contributed by atoms with van der Waals surface area (Å²) < 4.78 is 0. The van der Waals surface area contributed by atoms with Crippen molar-refractivity contribution in [1.82, 2.24) is 21.3 Å². The monoisotopic (exact) mass is 760 g/mol. The number of rotatable bonds is 31. The lowest BCUT2D eigenvalue weighted by Crippen LogP contribution is -2.55. The summed E-state index contributed by atoms with van der Waals surface area (Å²) in [6.45, 7) is 3.46. The number of carboxylic acids is 1. The Kier molecular flexibility index (Phi) is 24.6. The predicted octanol–water partition coefficient (Wildman–Crippen LogP) is 2.50. The lowest BCUT2D eigenvalue weighted by Gasteiger charge is -2.25. The molecule has 0 aliphatic carbocycles. The van der Waals surface area contributed by atoms with E-state index in [0.29, 0.717) is 31.2 Å². The van der Waals surface area contributed by atoms with Crippen LogP contribution in [0.3, 0.4) is 0 Å². The Hall–Kier alpha value is -4.53. The first kappa shape index (κ1) is 47.5. The fraction of sp³-hybridized carbons (Fsp3) is 0.667. The molecule has 0 saturated heterocycles. The minimum Gasteiger partial charge on any atom is -0.480 e. The number of aliphatic hydroxyl groups excluding tert-OH is 1. The van der Waals surface area contributed by atoms with Crippen LogP contribution < -0.4 is 32.7 Å². The number of aliphatic carboxylic acids is 1. The van der Waals surface area contributed by atoms with Gasteiger partial charge in [0.1, 0.15) is 24.2 Å². The molecule has 0 spiro atoms. The Morgan fingerprint density at radius 3 is 1.57 bits per heavy atom. The third-order valence-corrected chi connectivity index (χ3v) is 9.40. The first-order chi connectivity index (χ1) is 25.8. The molecule has 304 valence electrons. The number of nitrogens with two attached hydrogens (primary N) is 2. The molecule has 10 N–H and O–H groups in total. The van der Waals surface area contributed by atoms with Crippen molar-refractivity contribution in [3.63, 3.8) is 0 Å². The van der Waals surface area contributed by atoms with Gasteiger partial charge in [0.15, 0.2) is 0 Å². The van der Waals surface area contributed by atoms with Gasteiger partial charge >= 0.3 is 5.97 Å². The average Bonchev–Trinajstić information content (AvgIpc) is 3.12. The maximum atomic E-state index is 12.8. The van der Waals surface area contributed by atoms with Crippen molar-refractivity contribution in [3.8, 4) is 0 Å². The topological polar surface area (TPSA) is 260 Å². The number of aliphatic hydroxyl groups is 1. The van der Waals surface area contributed by atoms with Crippen LogP contribution in [-0.2, 0) is 40.0 Å². The summed E-state index contributed by atoms with van der Waals surface area (Å²) in [6.07, 6.45) is 12.4. The van der Waals surface area contributed by atoms with Crippen molar-refractivity contribution >= 4 is 41.4 Å². The molecule has 1 rings (SSSR count). The average molecular weight is 761 g/mol. The quantitative estimate of drug-likeness (QED) is 0.0517. The number of hydrogen-bond donors (Lipinski definition) is 8. The van der Waals surface area contributed by atoms with Gasteiger partial charge in [-0.1, -0.05) is 115 Å². The number of hydrogen-bond acceptors (Lipinski definition) is 8. The van der Waals surface area contributed by atoms with E-state index >= 15 is 0 Å². The molecule has 0 aliphatic rings. The van der Waals surface area contributed by atoms with E-state index < -0.39 is 66.1 Å². The summed E-state index contributed by atoms with van der Waals surface area (Å²) in [7, 11) is 0. The first-order valence-corrected chi connectivity index (χ1v) is 19.4. The summed E-state index contributed by atoms with van der Waals surface area (Å²) in [6, 6.07) is 4.52. The van der Waals surface area contributed by atoms with Crippen LogP contribution in [0.1, 0.15) is 129 Å². The number of carboxylic acid groups (broad SMARTS) is 1. The van der Waals surface area contributed by atoms with Crippen LogP contribution in [-0.4, -0.2) is 82.4 Å². The first-order valence-electron chi connectivity index (χ1n) is 19.4. The SMILES string of the molecule is CC[C@H](C)[C@H](NC(=O)CCCCCCCCCCCCCCC(=O)N[C@@H](CC(N)=O)C(=O)N[C@@H](Cc1ccccc1)C(=O)O)C(=O)N[C@@H](CCO)C(N)=O. The highest BCUT2D eigenvalue weighted by Gasteiger charge is 2.30. The molecular formula is C39H64N6O9. The van der Waals surface area contributed by atoms with Gasteiger partial charge in [-0.25, -0.2) is 4.79 Å². The molecular weight excluding hydrogens is 696 g/mol. The zero-order valence-corrected chi connectivity index (χ0v) is 32.1. The predicted molar refractivity (Wildman–Crippen MR) is 204 cm³/mol. The Morgan fingerprint density at radius 1 is 0.648 bits per heavy atom. The second-order valence-electron chi connectivity index (χ2n) is 14.0. The Balaban J connectivity index is 2.21. The van der Waals surface area contributed by atoms with E-state index in [4.69, 9.17) is 16.6 Å². The Bertz CT molecular complexity index is 1310. The minimum absolute atomic E-state index is 0.00963. The van der Waals surface area contributed by atoms with E-state index in [2.05, 4.69) is 21.3 Å². The van der Waals surface area contributed by atoms with Crippen LogP contribution >= 0.6 is 0 Å². The number of nitrogens with one attached hydrogen (secondary N) is 4. The summed E-state index contributed by atoms with van der Waals surface area (Å²) >= 11 is 0. The minimum atomic E-state index is -1.26. The van der Waals surface area contributed by atoms with E-state index in [0.717, 1.165) is 64.2 Å². The van der Waals surface area contributed by atoms with Gasteiger partial charge in [-0.2, -0.15) is 0 Å². The highest BCUT2D eigenvalue weighted by molar-refractivity contribution is 5.94. The van der Waals surface area contributed by atoms with Gasteiger partial charge in [-0.3, -0.25) is 28.8 Å². The maximum absolute atomic E-state index is 12.8. The molecule has 0 radical (unpaired) electrons. The van der Waals surface area contributed by atoms with Crippen molar-refractivity contribution in [2.45, 2.75) is 154 Å². The molecule has 15 nitrogen and oxygen atoms in total. The van der Waals surface area contributed by atoms with Crippen molar-refractivity contribution in [1.29, 1.82) is 0 Å². The van der Waals surface area contributed by atoms with Crippen LogP contribution in [0.25, 0.3) is 0 Å². The third kappa shape index (κ3) is 21.2. The fourth-order valence-corrected chi connectivity index (χ4v) is 5.96. The lowest BCUT2D eigenvalue weighted by atomic mass is 9.97. The Morgan fingerprint density at radius 2 is 1.13 bits per heavy atom. The van der Waals surface area contributed by atoms with E-state index in [9.17, 15) is 38.7 Å². The number of carbonyl (C=O) groups is 7. The van der Waals surface area contributed by atoms with Gasteiger partial charge in [-0.05, 0) is 30.7 Å². The van der Waals surface area contributed by atoms with Gasteiger partial charge in [0.05, 0.1) is 6.42 Å². The molecule has 1 aromatic carbocycles. The number of carbonyl (C=O) groups excluding carboxylic acids is 6. The van der Waals surface area contributed by atoms with Crippen LogP contribution in [0.2, 0.25) is 0 Å². The van der Waals surface area contributed by atoms with Crippen LogP contribution in [0.4, 0.5) is 0 Å². The highest BCUT2D eigenvalue weighted by Crippen LogP contribution is 2.14. The molecule has 0 heterocycles. The van der Waals surface area contributed by atoms with E-state index in [1.165, 1.54) is 0 Å². The number of benzene rings is 1. The van der Waals surface area contributed by atoms with Gasteiger partial charge in [0, 0.05) is 25.9 Å². The molecule has 0 fully saturated rings. The highest BCUT2D eigenvalue weighted by atomic mass is 16.4. The zero-order valence-electron chi connectivity index (χ0n) is 32.1. The standard InChI is InChI=1S/C39H64N6O9/c1-3-27(2)35(38(52)43-29(23-24-46)36(41)50)45-34(49)22-18-13-11-9-7-5-4-6-8-10-12-17-21-33(48)42-30(26-32(40)47)37(51)44-31(39(53)54)25-28-19-15-14-16-20-28/h14-16,19-20,27,29-31,35,46H,3-13,17-18,21-26H2,1-2H3,(H2,40,47)(H2,41,50)(H,42,48)(H,43,52)(H,44,51)(H,45,49)(H,53,54)/t27-,29-,30-,31-,35-/m0/s1. The van der Waals surface area contributed by atoms with Gasteiger partial charge in [-0.15, -0.1) is 0 Å².